The minimum absolute atomic E-state index is 0.0267. The van der Waals surface area contributed by atoms with Crippen molar-refractivity contribution in [3.05, 3.63) is 82.8 Å². The number of nitriles is 1. The lowest BCUT2D eigenvalue weighted by atomic mass is 9.81. The first-order chi connectivity index (χ1) is 17.3. The molecule has 0 aromatic heterocycles. The van der Waals surface area contributed by atoms with Crippen molar-refractivity contribution in [2.45, 2.75) is 12.8 Å². The fourth-order valence-corrected chi connectivity index (χ4v) is 4.39. The molecule has 10 heteroatoms. The zero-order valence-electron chi connectivity index (χ0n) is 19.9. The number of amides is 1. The van der Waals surface area contributed by atoms with Gasteiger partial charge in [-0.15, -0.1) is 0 Å². The molecule has 0 saturated carbocycles. The van der Waals surface area contributed by atoms with Gasteiger partial charge in [0.1, 0.15) is 23.9 Å². The van der Waals surface area contributed by atoms with Gasteiger partial charge in [0, 0.05) is 5.69 Å². The minimum atomic E-state index is -0.966. The molecule has 0 saturated heterocycles. The smallest absolute Gasteiger partial charge is 0.355 e. The van der Waals surface area contributed by atoms with Crippen LogP contribution in [0.2, 0.25) is 0 Å². The summed E-state index contributed by atoms with van der Waals surface area (Å²) in [5.74, 6) is -2.39. The highest BCUT2D eigenvalue weighted by Gasteiger charge is 2.43. The largest absolute Gasteiger partial charge is 0.466 e. The topological polar surface area (TPSA) is 138 Å². The van der Waals surface area contributed by atoms with Crippen LogP contribution in [0.4, 0.5) is 11.4 Å². The highest BCUT2D eigenvalue weighted by Crippen LogP contribution is 2.43. The van der Waals surface area contributed by atoms with Crippen molar-refractivity contribution in [1.82, 2.24) is 0 Å². The number of carbonyl (C=O) groups is 3. The molecule has 2 aliphatic rings. The Bertz CT molecular complexity index is 1390. The van der Waals surface area contributed by atoms with Crippen LogP contribution < -0.4 is 15.5 Å². The number of hydrogen-bond acceptors (Lipinski definition) is 9. The average Bonchev–Trinajstić information content (AvgIpc) is 3.24. The number of amidine groups is 1. The second-order valence-electron chi connectivity index (χ2n) is 7.95. The van der Waals surface area contributed by atoms with E-state index in [1.54, 1.807) is 61.5 Å². The SMILES string of the molecule is COC(=O)C1=C(C(=O)OC)N(c2cccc(N3C(=O)CN=C3C)c2)C(N)=C(C#N)C1c1ccccc1. The second kappa shape index (κ2) is 9.76. The number of nitrogens with two attached hydrogens (primary N) is 1. The molecule has 2 aromatic rings. The van der Waals surface area contributed by atoms with Crippen LogP contribution in [-0.4, -0.2) is 44.4 Å². The number of esters is 2. The van der Waals surface area contributed by atoms with Crippen LogP contribution in [0.15, 0.2) is 82.3 Å². The van der Waals surface area contributed by atoms with Crippen molar-refractivity contribution in [2.24, 2.45) is 10.7 Å². The molecule has 1 unspecified atom stereocenters. The van der Waals surface area contributed by atoms with Gasteiger partial charge in [-0.1, -0.05) is 36.4 Å². The zero-order valence-corrected chi connectivity index (χ0v) is 19.9. The third-order valence-corrected chi connectivity index (χ3v) is 5.97. The average molecular weight is 486 g/mol. The molecule has 2 aliphatic heterocycles. The molecule has 2 heterocycles. The van der Waals surface area contributed by atoms with Gasteiger partial charge in [0.2, 0.25) is 0 Å². The summed E-state index contributed by atoms with van der Waals surface area (Å²) >= 11 is 0. The van der Waals surface area contributed by atoms with Gasteiger partial charge in [-0.25, -0.2) is 9.59 Å². The lowest BCUT2D eigenvalue weighted by Gasteiger charge is -2.36. The Balaban J connectivity index is 2.00. The molecular formula is C26H23N5O5. The summed E-state index contributed by atoms with van der Waals surface area (Å²) in [7, 11) is 2.37. The van der Waals surface area contributed by atoms with Crippen LogP contribution in [0.25, 0.3) is 0 Å². The lowest BCUT2D eigenvalue weighted by Crippen LogP contribution is -2.41. The number of ether oxygens (including phenoxy) is 2. The van der Waals surface area contributed by atoms with Crippen molar-refractivity contribution < 1.29 is 23.9 Å². The number of hydrogen-bond donors (Lipinski definition) is 1. The zero-order chi connectivity index (χ0) is 26.0. The molecule has 0 spiro atoms. The highest BCUT2D eigenvalue weighted by atomic mass is 16.5. The van der Waals surface area contributed by atoms with Crippen molar-refractivity contribution >= 4 is 35.1 Å². The van der Waals surface area contributed by atoms with E-state index < -0.39 is 17.9 Å². The normalized spacial score (nSPS) is 17.7. The Labute approximate surface area is 207 Å². The van der Waals surface area contributed by atoms with E-state index in [-0.39, 0.29) is 35.1 Å². The van der Waals surface area contributed by atoms with Gasteiger partial charge in [-0.2, -0.15) is 5.26 Å². The monoisotopic (exact) mass is 485 g/mol. The summed E-state index contributed by atoms with van der Waals surface area (Å²) in [4.78, 5) is 45.6. The highest BCUT2D eigenvalue weighted by molar-refractivity contribution is 6.20. The second-order valence-corrected chi connectivity index (χ2v) is 7.95. The van der Waals surface area contributed by atoms with E-state index in [4.69, 9.17) is 15.2 Å². The quantitative estimate of drug-likeness (QED) is 0.637. The Morgan fingerprint density at radius 3 is 2.22 bits per heavy atom. The third-order valence-electron chi connectivity index (χ3n) is 5.97. The van der Waals surface area contributed by atoms with Crippen molar-refractivity contribution in [2.75, 3.05) is 30.6 Å². The maximum absolute atomic E-state index is 13.2. The number of rotatable bonds is 5. The van der Waals surface area contributed by atoms with Crippen molar-refractivity contribution in [3.63, 3.8) is 0 Å². The third kappa shape index (κ3) is 3.96. The fourth-order valence-electron chi connectivity index (χ4n) is 4.39. The van der Waals surface area contributed by atoms with Crippen LogP contribution in [-0.2, 0) is 23.9 Å². The van der Waals surface area contributed by atoms with Gasteiger partial charge in [0.25, 0.3) is 5.91 Å². The number of carbonyl (C=O) groups excluding carboxylic acids is 3. The molecule has 182 valence electrons. The van der Waals surface area contributed by atoms with Crippen LogP contribution in [0, 0.1) is 11.3 Å². The van der Waals surface area contributed by atoms with E-state index in [0.717, 1.165) is 0 Å². The van der Waals surface area contributed by atoms with Gasteiger partial charge < -0.3 is 15.2 Å². The first kappa shape index (κ1) is 24.2. The molecule has 0 radical (unpaired) electrons. The number of methoxy groups -OCH3 is 2. The van der Waals surface area contributed by atoms with E-state index in [2.05, 4.69) is 11.1 Å². The molecule has 2 aromatic carbocycles. The van der Waals surface area contributed by atoms with E-state index in [0.29, 0.717) is 22.8 Å². The molecule has 0 aliphatic carbocycles. The van der Waals surface area contributed by atoms with Gasteiger partial charge in [0.05, 0.1) is 43.0 Å². The maximum atomic E-state index is 13.2. The number of nitrogens with zero attached hydrogens (tertiary/aromatic N) is 4. The fraction of sp³-hybridized carbons (Fsp3) is 0.192. The first-order valence-corrected chi connectivity index (χ1v) is 10.9. The van der Waals surface area contributed by atoms with Gasteiger partial charge in [0.15, 0.2) is 0 Å². The van der Waals surface area contributed by atoms with Gasteiger partial charge in [-0.3, -0.25) is 19.6 Å². The van der Waals surface area contributed by atoms with Gasteiger partial charge >= 0.3 is 11.9 Å². The summed E-state index contributed by atoms with van der Waals surface area (Å²) < 4.78 is 10.1. The number of aliphatic imine (C=N–C) groups is 1. The number of anilines is 2. The summed E-state index contributed by atoms with van der Waals surface area (Å²) in [6.07, 6.45) is 0. The molecule has 1 atom stereocenters. The van der Waals surface area contributed by atoms with Crippen molar-refractivity contribution in [1.29, 1.82) is 5.26 Å². The Hall–Kier alpha value is -4.91. The van der Waals surface area contributed by atoms with Crippen LogP contribution >= 0.6 is 0 Å². The molecule has 1 amide bonds. The molecule has 2 N–H and O–H groups in total. The summed E-state index contributed by atoms with van der Waals surface area (Å²) in [6, 6.07) is 17.5. The predicted molar refractivity (Wildman–Crippen MR) is 131 cm³/mol. The first-order valence-electron chi connectivity index (χ1n) is 10.9. The Morgan fingerprint density at radius 2 is 1.67 bits per heavy atom. The molecule has 0 fully saturated rings. The maximum Gasteiger partial charge on any atom is 0.355 e. The standard InChI is InChI=1S/C26H23N5O5/c1-15-29-14-20(32)30(15)17-10-7-11-18(12-17)31-23(26(34)36-3)22(25(33)35-2)21(19(13-27)24(31)28)16-8-5-4-6-9-16/h4-12,21H,14,28H2,1-3H3. The molecule has 10 nitrogen and oxygen atoms in total. The van der Waals surface area contributed by atoms with Crippen molar-refractivity contribution in [3.8, 4) is 6.07 Å². The Kier molecular flexibility index (Phi) is 6.56. The number of benzene rings is 2. The number of allylic oxidation sites excluding steroid dienone is 1. The molecular weight excluding hydrogens is 462 g/mol. The van der Waals surface area contributed by atoms with E-state index in [1.165, 1.54) is 24.0 Å². The lowest BCUT2D eigenvalue weighted by molar-refractivity contribution is -0.139. The van der Waals surface area contributed by atoms with E-state index in [9.17, 15) is 19.6 Å². The van der Waals surface area contributed by atoms with E-state index in [1.807, 2.05) is 0 Å². The van der Waals surface area contributed by atoms with Crippen LogP contribution in [0.1, 0.15) is 18.4 Å². The molecule has 0 bridgehead atoms. The summed E-state index contributed by atoms with van der Waals surface area (Å²) in [5.41, 5.74) is 7.67. The molecule has 4 rings (SSSR count). The summed E-state index contributed by atoms with van der Waals surface area (Å²) in [6.45, 7) is 1.74. The molecule has 36 heavy (non-hydrogen) atoms. The predicted octanol–water partition coefficient (Wildman–Crippen LogP) is 2.35. The van der Waals surface area contributed by atoms with Gasteiger partial charge in [-0.05, 0) is 30.7 Å². The van der Waals surface area contributed by atoms with Crippen LogP contribution in [0.3, 0.4) is 0 Å². The van der Waals surface area contributed by atoms with E-state index >= 15 is 0 Å². The Morgan fingerprint density at radius 1 is 1.03 bits per heavy atom. The minimum Gasteiger partial charge on any atom is -0.466 e. The summed E-state index contributed by atoms with van der Waals surface area (Å²) in [5, 5.41) is 10.1. The van der Waals surface area contributed by atoms with Crippen LogP contribution in [0.5, 0.6) is 0 Å².